The Balaban J connectivity index is 1.88. The number of likely N-dealkylation sites (tertiary alicyclic amines) is 1. The lowest BCUT2D eigenvalue weighted by molar-refractivity contribution is 0.0706. The maximum absolute atomic E-state index is 8.64. The molecule has 0 bridgehead atoms. The molecule has 0 radical (unpaired) electrons. The maximum Gasteiger partial charge on any atom is 0.161 e. The molecule has 0 amide bonds. The van der Waals surface area contributed by atoms with Crippen LogP contribution in [-0.2, 0) is 6.54 Å². The fourth-order valence-corrected chi connectivity index (χ4v) is 3.64. The van der Waals surface area contributed by atoms with E-state index in [1.54, 1.807) is 7.11 Å². The Bertz CT molecular complexity index is 624. The number of piperidine rings is 1. The van der Waals surface area contributed by atoms with E-state index >= 15 is 0 Å². The average Bonchev–Trinajstić information content (AvgIpc) is 2.65. The number of nitriles is 1. The van der Waals surface area contributed by atoms with E-state index in [1.807, 2.05) is 12.1 Å². The number of unbranched alkanes of at least 4 members (excludes halogenated alkanes) is 1. The van der Waals surface area contributed by atoms with Crippen LogP contribution in [0.15, 0.2) is 18.2 Å². The molecular weight excluding hydrogens is 338 g/mol. The monoisotopic (exact) mass is 373 g/mol. The first-order valence-corrected chi connectivity index (χ1v) is 10.1. The van der Waals surface area contributed by atoms with Crippen molar-refractivity contribution in [2.75, 3.05) is 33.4 Å². The molecule has 1 aromatic rings. The van der Waals surface area contributed by atoms with Gasteiger partial charge in [-0.3, -0.25) is 4.90 Å². The summed E-state index contributed by atoms with van der Waals surface area (Å²) in [6.45, 7) is 11.7. The summed E-state index contributed by atoms with van der Waals surface area (Å²) in [5.74, 6) is 2.28. The number of hydrogen-bond donors (Lipinski definition) is 1. The lowest BCUT2D eigenvalue weighted by atomic mass is 9.93. The van der Waals surface area contributed by atoms with Crippen molar-refractivity contribution >= 4 is 0 Å². The minimum Gasteiger partial charge on any atom is -0.493 e. The summed E-state index contributed by atoms with van der Waals surface area (Å²) >= 11 is 0. The van der Waals surface area contributed by atoms with E-state index in [1.165, 1.54) is 31.5 Å². The quantitative estimate of drug-likeness (QED) is 0.629. The summed E-state index contributed by atoms with van der Waals surface area (Å²) in [6.07, 6.45) is 3.89. The zero-order chi connectivity index (χ0) is 19.7. The van der Waals surface area contributed by atoms with E-state index in [0.717, 1.165) is 36.9 Å². The predicted molar refractivity (Wildman–Crippen MR) is 109 cm³/mol. The Morgan fingerprint density at radius 1 is 1.33 bits per heavy atom. The molecule has 5 heteroatoms. The molecule has 1 saturated heterocycles. The molecule has 0 aromatic heterocycles. The smallest absolute Gasteiger partial charge is 0.161 e. The average molecular weight is 374 g/mol. The molecular formula is C22H35N3O2. The number of nitrogens with zero attached hydrogens (tertiary/aromatic N) is 2. The molecule has 1 fully saturated rings. The van der Waals surface area contributed by atoms with E-state index in [-0.39, 0.29) is 5.54 Å². The molecule has 27 heavy (non-hydrogen) atoms. The number of benzene rings is 1. The van der Waals surface area contributed by atoms with Crippen LogP contribution < -0.4 is 14.8 Å². The van der Waals surface area contributed by atoms with Gasteiger partial charge in [-0.1, -0.05) is 13.0 Å². The van der Waals surface area contributed by atoms with Crippen LogP contribution in [0.25, 0.3) is 0 Å². The molecule has 0 spiro atoms. The van der Waals surface area contributed by atoms with Gasteiger partial charge in [0, 0.05) is 31.6 Å². The summed E-state index contributed by atoms with van der Waals surface area (Å²) in [6, 6.07) is 8.20. The van der Waals surface area contributed by atoms with Gasteiger partial charge in [-0.25, -0.2) is 0 Å². The second-order valence-corrected chi connectivity index (χ2v) is 8.20. The van der Waals surface area contributed by atoms with Crippen LogP contribution in [0.1, 0.15) is 52.0 Å². The molecule has 0 saturated carbocycles. The maximum atomic E-state index is 8.64. The van der Waals surface area contributed by atoms with Crippen molar-refractivity contribution in [1.29, 1.82) is 5.26 Å². The van der Waals surface area contributed by atoms with Gasteiger partial charge in [-0.2, -0.15) is 5.26 Å². The standard InChI is InChI=1S/C22H35N3O2/c1-18-8-7-12-25(16-18)22(2,3)17-24-15-19-9-10-20(26-4)21(14-19)27-13-6-5-11-23/h9-10,14,18,24H,5-8,12-13,15-17H2,1-4H3. The van der Waals surface area contributed by atoms with Crippen LogP contribution in [-0.4, -0.2) is 43.8 Å². The Morgan fingerprint density at radius 2 is 2.15 bits per heavy atom. The van der Waals surface area contributed by atoms with Crippen molar-refractivity contribution in [1.82, 2.24) is 10.2 Å². The van der Waals surface area contributed by atoms with Crippen molar-refractivity contribution in [2.45, 2.75) is 58.5 Å². The van der Waals surface area contributed by atoms with Gasteiger partial charge in [-0.15, -0.1) is 0 Å². The molecule has 1 aromatic carbocycles. The highest BCUT2D eigenvalue weighted by Crippen LogP contribution is 2.28. The molecule has 0 aliphatic carbocycles. The number of rotatable bonds is 10. The van der Waals surface area contributed by atoms with Crippen LogP contribution >= 0.6 is 0 Å². The van der Waals surface area contributed by atoms with Crippen molar-refractivity contribution in [3.63, 3.8) is 0 Å². The number of ether oxygens (including phenoxy) is 2. The summed E-state index contributed by atoms with van der Waals surface area (Å²) in [5.41, 5.74) is 1.33. The Morgan fingerprint density at radius 3 is 2.85 bits per heavy atom. The lowest BCUT2D eigenvalue weighted by Crippen LogP contribution is -2.53. The normalized spacial score (nSPS) is 18.1. The van der Waals surface area contributed by atoms with E-state index in [2.05, 4.69) is 43.1 Å². The van der Waals surface area contributed by atoms with Gasteiger partial charge in [0.05, 0.1) is 19.8 Å². The molecule has 2 rings (SSSR count). The largest absolute Gasteiger partial charge is 0.493 e. The SMILES string of the molecule is COc1ccc(CNCC(C)(C)N2CCCC(C)C2)cc1OCCCC#N. The van der Waals surface area contributed by atoms with E-state index in [9.17, 15) is 0 Å². The van der Waals surface area contributed by atoms with Crippen LogP contribution in [0.4, 0.5) is 0 Å². The van der Waals surface area contributed by atoms with E-state index in [0.29, 0.717) is 13.0 Å². The lowest BCUT2D eigenvalue weighted by Gasteiger charge is -2.43. The number of hydrogen-bond acceptors (Lipinski definition) is 5. The van der Waals surface area contributed by atoms with Crippen LogP contribution in [0.2, 0.25) is 0 Å². The van der Waals surface area contributed by atoms with Crippen molar-refractivity contribution < 1.29 is 9.47 Å². The molecule has 1 atom stereocenters. The van der Waals surface area contributed by atoms with Crippen molar-refractivity contribution in [2.24, 2.45) is 5.92 Å². The first-order valence-electron chi connectivity index (χ1n) is 10.1. The second kappa shape index (κ2) is 10.5. The second-order valence-electron chi connectivity index (χ2n) is 8.20. The fourth-order valence-electron chi connectivity index (χ4n) is 3.64. The molecule has 1 unspecified atom stereocenters. The van der Waals surface area contributed by atoms with Crippen molar-refractivity contribution in [3.05, 3.63) is 23.8 Å². The molecule has 1 heterocycles. The predicted octanol–water partition coefficient (Wildman–Crippen LogP) is 3.98. The minimum absolute atomic E-state index is 0.151. The molecule has 1 N–H and O–H groups in total. The van der Waals surface area contributed by atoms with Gasteiger partial charge in [0.1, 0.15) is 0 Å². The zero-order valence-electron chi connectivity index (χ0n) is 17.4. The fraction of sp³-hybridized carbons (Fsp3) is 0.682. The Kier molecular flexibility index (Phi) is 8.40. The first kappa shape index (κ1) is 21.5. The Hall–Kier alpha value is -1.77. The van der Waals surface area contributed by atoms with E-state index in [4.69, 9.17) is 14.7 Å². The van der Waals surface area contributed by atoms with Crippen LogP contribution in [0.5, 0.6) is 11.5 Å². The van der Waals surface area contributed by atoms with Crippen LogP contribution in [0.3, 0.4) is 0 Å². The van der Waals surface area contributed by atoms with Crippen molar-refractivity contribution in [3.8, 4) is 17.6 Å². The highest BCUT2D eigenvalue weighted by atomic mass is 16.5. The molecule has 150 valence electrons. The summed E-state index contributed by atoms with van der Waals surface area (Å²) in [5, 5.41) is 12.3. The number of nitrogens with one attached hydrogen (secondary N) is 1. The van der Waals surface area contributed by atoms with Gasteiger partial charge in [-0.05, 0) is 63.3 Å². The Labute approximate surface area is 164 Å². The van der Waals surface area contributed by atoms with Gasteiger partial charge < -0.3 is 14.8 Å². The third kappa shape index (κ3) is 6.71. The molecule has 1 aliphatic rings. The zero-order valence-corrected chi connectivity index (χ0v) is 17.4. The third-order valence-corrected chi connectivity index (χ3v) is 5.32. The third-order valence-electron chi connectivity index (χ3n) is 5.32. The van der Waals surface area contributed by atoms with Gasteiger partial charge in [0.2, 0.25) is 0 Å². The summed E-state index contributed by atoms with van der Waals surface area (Å²) in [7, 11) is 1.65. The number of methoxy groups -OCH3 is 1. The van der Waals surface area contributed by atoms with Gasteiger partial charge in [0.25, 0.3) is 0 Å². The highest BCUT2D eigenvalue weighted by Gasteiger charge is 2.29. The minimum atomic E-state index is 0.151. The summed E-state index contributed by atoms with van der Waals surface area (Å²) < 4.78 is 11.2. The molecule has 5 nitrogen and oxygen atoms in total. The summed E-state index contributed by atoms with van der Waals surface area (Å²) in [4.78, 5) is 2.62. The first-order chi connectivity index (χ1) is 13.0. The van der Waals surface area contributed by atoms with E-state index < -0.39 is 0 Å². The highest BCUT2D eigenvalue weighted by molar-refractivity contribution is 5.43. The van der Waals surface area contributed by atoms with Gasteiger partial charge >= 0.3 is 0 Å². The topological polar surface area (TPSA) is 57.5 Å². The molecule has 1 aliphatic heterocycles. The van der Waals surface area contributed by atoms with Crippen LogP contribution in [0, 0.1) is 17.2 Å². The van der Waals surface area contributed by atoms with Gasteiger partial charge in [0.15, 0.2) is 11.5 Å².